The molecule has 0 aliphatic rings. The molecule has 1 nitrogen and oxygen atoms in total. The molecule has 0 saturated carbocycles. The molecule has 1 aromatic rings. The second-order valence-corrected chi connectivity index (χ2v) is 3.44. The minimum atomic E-state index is -2.57. The minimum absolute atomic E-state index is 0.142. The molecule has 0 spiro atoms. The molecule has 1 aromatic heterocycles. The van der Waals surface area contributed by atoms with Crippen LogP contribution in [0.3, 0.4) is 0 Å². The van der Waals surface area contributed by atoms with Crippen LogP contribution in [-0.2, 0) is 0 Å². The summed E-state index contributed by atoms with van der Waals surface area (Å²) in [4.78, 5) is 3.66. The van der Waals surface area contributed by atoms with Crippen LogP contribution in [0.15, 0.2) is 10.7 Å². The number of hydrogen-bond donors (Lipinski definition) is 0. The van der Waals surface area contributed by atoms with Crippen molar-refractivity contribution in [2.75, 3.05) is 0 Å². The van der Waals surface area contributed by atoms with Gasteiger partial charge in [-0.25, -0.2) is 13.8 Å². The predicted molar refractivity (Wildman–Crippen MR) is 46.6 cm³/mol. The Labute approximate surface area is 81.9 Å². The lowest BCUT2D eigenvalue weighted by atomic mass is 10.2. The van der Waals surface area contributed by atoms with Crippen LogP contribution in [0.4, 0.5) is 8.78 Å². The van der Waals surface area contributed by atoms with Crippen LogP contribution >= 0.6 is 27.5 Å². The van der Waals surface area contributed by atoms with E-state index >= 15 is 0 Å². The summed E-state index contributed by atoms with van der Waals surface area (Å²) in [7, 11) is 0. The third-order valence-electron chi connectivity index (χ3n) is 1.41. The molecule has 1 heterocycles. The molecule has 0 aromatic carbocycles. The zero-order valence-corrected chi connectivity index (χ0v) is 8.46. The largest absolute Gasteiger partial charge is 0.267 e. The maximum Gasteiger partial charge on any atom is 0.267 e. The lowest BCUT2D eigenvalue weighted by Gasteiger charge is -2.06. The third-order valence-corrected chi connectivity index (χ3v) is 2.10. The number of nitrogens with zero attached hydrogens (tertiary/aromatic N) is 1. The minimum Gasteiger partial charge on any atom is -0.229 e. The number of hydrogen-bond acceptors (Lipinski definition) is 1. The highest BCUT2D eigenvalue weighted by molar-refractivity contribution is 9.10. The van der Waals surface area contributed by atoms with Gasteiger partial charge in [-0.05, 0) is 34.5 Å². The fraction of sp³-hybridized carbons (Fsp3) is 0.286. The number of halogens is 4. The van der Waals surface area contributed by atoms with Crippen LogP contribution < -0.4 is 0 Å². The summed E-state index contributed by atoms with van der Waals surface area (Å²) >= 11 is 8.56. The highest BCUT2D eigenvalue weighted by Gasteiger charge is 2.16. The Hall–Kier alpha value is -0.220. The summed E-state index contributed by atoms with van der Waals surface area (Å²) in [5.41, 5.74) is 0.247. The van der Waals surface area contributed by atoms with E-state index in [1.165, 1.54) is 6.07 Å². The van der Waals surface area contributed by atoms with Crippen LogP contribution in [0.5, 0.6) is 0 Å². The average molecular weight is 256 g/mol. The Bertz CT molecular complexity index is 280. The first-order chi connectivity index (χ1) is 5.52. The number of alkyl halides is 2. The number of aromatic nitrogens is 1. The Morgan fingerprint density at radius 2 is 2.17 bits per heavy atom. The van der Waals surface area contributed by atoms with Gasteiger partial charge < -0.3 is 0 Å². The number of rotatable bonds is 1. The van der Waals surface area contributed by atoms with Gasteiger partial charge in [-0.3, -0.25) is 0 Å². The highest BCUT2D eigenvalue weighted by atomic mass is 79.9. The van der Waals surface area contributed by atoms with E-state index in [4.69, 9.17) is 11.6 Å². The average Bonchev–Trinajstić information content (AvgIpc) is 1.82. The molecule has 0 aliphatic heterocycles. The Kier molecular flexibility index (Phi) is 3.01. The fourth-order valence-electron chi connectivity index (χ4n) is 0.868. The molecule has 5 heteroatoms. The van der Waals surface area contributed by atoms with Crippen molar-refractivity contribution in [3.8, 4) is 0 Å². The molecule has 0 N–H and O–H groups in total. The van der Waals surface area contributed by atoms with Gasteiger partial charge in [0.1, 0.15) is 9.76 Å². The summed E-state index contributed by atoms with van der Waals surface area (Å²) in [5.74, 6) is 0. The molecule has 0 atom stereocenters. The first kappa shape index (κ1) is 9.86. The molecule has 0 unspecified atom stereocenters. The zero-order chi connectivity index (χ0) is 9.30. The van der Waals surface area contributed by atoms with E-state index in [1.807, 2.05) is 0 Å². The Balaban J connectivity index is 3.28. The smallest absolute Gasteiger partial charge is 0.229 e. The maximum absolute atomic E-state index is 12.3. The molecular weight excluding hydrogens is 251 g/mol. The van der Waals surface area contributed by atoms with E-state index < -0.39 is 6.43 Å². The van der Waals surface area contributed by atoms with E-state index in [0.717, 1.165) is 0 Å². The molecule has 0 saturated heterocycles. The van der Waals surface area contributed by atoms with Crippen molar-refractivity contribution in [2.45, 2.75) is 13.3 Å². The molecular formula is C7H5BrClF2N. The lowest BCUT2D eigenvalue weighted by molar-refractivity contribution is 0.150. The van der Waals surface area contributed by atoms with Gasteiger partial charge in [0.05, 0.1) is 5.56 Å². The number of aryl methyl sites for hydroxylation is 1. The number of pyridine rings is 1. The summed E-state index contributed by atoms with van der Waals surface area (Å²) in [6.45, 7) is 1.57. The van der Waals surface area contributed by atoms with Gasteiger partial charge in [-0.1, -0.05) is 11.6 Å². The first-order valence-electron chi connectivity index (χ1n) is 3.13. The molecule has 0 amide bonds. The molecule has 0 fully saturated rings. The van der Waals surface area contributed by atoms with Crippen LogP contribution in [0, 0.1) is 6.92 Å². The van der Waals surface area contributed by atoms with Gasteiger partial charge in [-0.2, -0.15) is 0 Å². The molecule has 66 valence electrons. The van der Waals surface area contributed by atoms with Crippen molar-refractivity contribution in [1.29, 1.82) is 0 Å². The van der Waals surface area contributed by atoms with Gasteiger partial charge in [0.2, 0.25) is 0 Å². The van der Waals surface area contributed by atoms with Crippen molar-refractivity contribution in [3.63, 3.8) is 0 Å². The third kappa shape index (κ3) is 1.93. The molecule has 1 rings (SSSR count). The monoisotopic (exact) mass is 255 g/mol. The van der Waals surface area contributed by atoms with Gasteiger partial charge in [-0.15, -0.1) is 0 Å². The van der Waals surface area contributed by atoms with E-state index in [1.54, 1.807) is 6.92 Å². The summed E-state index contributed by atoms with van der Waals surface area (Å²) in [6, 6.07) is 1.51. The van der Waals surface area contributed by atoms with Crippen molar-refractivity contribution in [1.82, 2.24) is 4.98 Å². The highest BCUT2D eigenvalue weighted by Crippen LogP contribution is 2.30. The molecule has 0 aliphatic carbocycles. The molecule has 0 radical (unpaired) electrons. The van der Waals surface area contributed by atoms with E-state index in [2.05, 4.69) is 20.9 Å². The standard InChI is InChI=1S/C7H5BrClF2N/c1-3-2-4(8)12-6(9)5(3)7(10)11/h2,7H,1H3. The van der Waals surface area contributed by atoms with Gasteiger partial charge in [0.25, 0.3) is 6.43 Å². The normalized spacial score (nSPS) is 10.8. The summed E-state index contributed by atoms with van der Waals surface area (Å²) in [6.07, 6.45) is -2.57. The van der Waals surface area contributed by atoms with Crippen molar-refractivity contribution in [2.24, 2.45) is 0 Å². The quantitative estimate of drug-likeness (QED) is 0.698. The van der Waals surface area contributed by atoms with Crippen molar-refractivity contribution < 1.29 is 8.78 Å². The van der Waals surface area contributed by atoms with Crippen molar-refractivity contribution >= 4 is 27.5 Å². The van der Waals surface area contributed by atoms with E-state index in [-0.39, 0.29) is 10.7 Å². The predicted octanol–water partition coefficient (Wildman–Crippen LogP) is 3.74. The van der Waals surface area contributed by atoms with Crippen LogP contribution in [-0.4, -0.2) is 4.98 Å². The molecule has 12 heavy (non-hydrogen) atoms. The fourth-order valence-corrected chi connectivity index (χ4v) is 1.81. The van der Waals surface area contributed by atoms with Crippen LogP contribution in [0.1, 0.15) is 17.6 Å². The van der Waals surface area contributed by atoms with Crippen molar-refractivity contribution in [3.05, 3.63) is 26.9 Å². The van der Waals surface area contributed by atoms with Gasteiger partial charge >= 0.3 is 0 Å². The summed E-state index contributed by atoms with van der Waals surface area (Å²) < 4.78 is 25.0. The second-order valence-electron chi connectivity index (χ2n) is 2.27. The SMILES string of the molecule is Cc1cc(Br)nc(Cl)c1C(F)F. The Morgan fingerprint density at radius 1 is 1.58 bits per heavy atom. The maximum atomic E-state index is 12.3. The Morgan fingerprint density at radius 3 is 2.58 bits per heavy atom. The van der Waals surface area contributed by atoms with E-state index in [0.29, 0.717) is 10.2 Å². The van der Waals surface area contributed by atoms with Crippen LogP contribution in [0.25, 0.3) is 0 Å². The first-order valence-corrected chi connectivity index (χ1v) is 4.30. The zero-order valence-electron chi connectivity index (χ0n) is 6.11. The van der Waals surface area contributed by atoms with E-state index in [9.17, 15) is 8.78 Å². The molecule has 0 bridgehead atoms. The lowest BCUT2D eigenvalue weighted by Crippen LogP contribution is -1.94. The summed E-state index contributed by atoms with van der Waals surface area (Å²) in [5, 5.41) is -0.142. The van der Waals surface area contributed by atoms with Crippen LogP contribution in [0.2, 0.25) is 5.15 Å². The second kappa shape index (κ2) is 3.66. The van der Waals surface area contributed by atoms with Gasteiger partial charge in [0, 0.05) is 0 Å². The topological polar surface area (TPSA) is 12.9 Å². The van der Waals surface area contributed by atoms with Gasteiger partial charge in [0.15, 0.2) is 0 Å².